The van der Waals surface area contributed by atoms with Crippen LogP contribution in [0.3, 0.4) is 0 Å². The Morgan fingerprint density at radius 3 is 2.27 bits per heavy atom. The molecular weight excluding hydrogens is 549 g/mol. The van der Waals surface area contributed by atoms with Crippen LogP contribution in [0.1, 0.15) is 77.5 Å². The number of aromatic nitrogens is 4. The number of aryl methyl sites for hydroxylation is 1. The monoisotopic (exact) mass is 578 g/mol. The largest absolute Gasteiger partial charge is 0.336 e. The molecule has 0 aliphatic heterocycles. The van der Waals surface area contributed by atoms with Crippen molar-refractivity contribution in [2.75, 3.05) is 0 Å². The fraction of sp³-hybridized carbons (Fsp3) is 0.480. The Bertz CT molecular complexity index is 1320. The number of benzene rings is 1. The molecular formula is C25H29IrN4-. The van der Waals surface area contributed by atoms with Crippen LogP contribution < -0.4 is 0 Å². The summed E-state index contributed by atoms with van der Waals surface area (Å²) in [6.45, 7) is 18.0. The normalized spacial score (nSPS) is 17.5. The van der Waals surface area contributed by atoms with Gasteiger partial charge in [0.25, 0.3) is 0 Å². The molecule has 1 aliphatic rings. The maximum absolute atomic E-state index is 5.08. The summed E-state index contributed by atoms with van der Waals surface area (Å²) in [5.41, 5.74) is 8.09. The molecule has 0 saturated carbocycles. The number of rotatable bonds is 0. The van der Waals surface area contributed by atoms with Crippen LogP contribution in [0.25, 0.3) is 27.6 Å². The van der Waals surface area contributed by atoms with Crippen LogP contribution in [0, 0.1) is 13.0 Å². The van der Waals surface area contributed by atoms with Gasteiger partial charge in [-0.05, 0) is 64.6 Å². The first-order valence-electron chi connectivity index (χ1n) is 10.4. The molecule has 0 amide bonds. The molecule has 5 rings (SSSR count). The summed E-state index contributed by atoms with van der Waals surface area (Å²) in [5.74, 6) is 0.942. The molecule has 0 fully saturated rings. The Balaban J connectivity index is 0.00000218. The van der Waals surface area contributed by atoms with Gasteiger partial charge < -0.3 is 4.40 Å². The number of hydrogen-bond donors (Lipinski definition) is 0. The number of hydrogen-bond acceptors (Lipinski definition) is 3. The van der Waals surface area contributed by atoms with Gasteiger partial charge in [0.05, 0.1) is 16.9 Å². The van der Waals surface area contributed by atoms with E-state index in [0.717, 1.165) is 45.5 Å². The first-order chi connectivity index (χ1) is 13.4. The number of imidazole rings is 1. The van der Waals surface area contributed by atoms with Gasteiger partial charge in [-0.1, -0.05) is 48.5 Å². The van der Waals surface area contributed by atoms with Gasteiger partial charge in [0.15, 0.2) is 0 Å². The summed E-state index contributed by atoms with van der Waals surface area (Å²) in [7, 11) is 0. The maximum Gasteiger partial charge on any atom is 0.0872 e. The fourth-order valence-electron chi connectivity index (χ4n) is 5.48. The smallest absolute Gasteiger partial charge is 0.0872 e. The quantitative estimate of drug-likeness (QED) is 0.249. The van der Waals surface area contributed by atoms with Crippen LogP contribution in [0.2, 0.25) is 0 Å². The second kappa shape index (κ2) is 6.34. The van der Waals surface area contributed by atoms with Crippen molar-refractivity contribution in [2.24, 2.45) is 0 Å². The fourth-order valence-corrected chi connectivity index (χ4v) is 5.48. The molecule has 1 radical (unpaired) electrons. The molecule has 0 atom stereocenters. The molecule has 3 heterocycles. The van der Waals surface area contributed by atoms with E-state index in [1.165, 1.54) is 11.1 Å². The van der Waals surface area contributed by atoms with Gasteiger partial charge in [-0.3, -0.25) is 15.0 Å². The van der Waals surface area contributed by atoms with Gasteiger partial charge in [0, 0.05) is 31.4 Å². The Morgan fingerprint density at radius 2 is 1.63 bits per heavy atom. The third-order valence-corrected chi connectivity index (χ3v) is 6.53. The van der Waals surface area contributed by atoms with Crippen molar-refractivity contribution in [1.82, 2.24) is 19.4 Å². The Morgan fingerprint density at radius 1 is 1.00 bits per heavy atom. The molecule has 5 heteroatoms. The van der Waals surface area contributed by atoms with E-state index < -0.39 is 0 Å². The van der Waals surface area contributed by atoms with Crippen molar-refractivity contribution >= 4 is 27.6 Å². The minimum absolute atomic E-state index is 0. The van der Waals surface area contributed by atoms with Gasteiger partial charge in [-0.15, -0.1) is 5.39 Å². The number of fused-ring (bicyclic) bond motifs is 6. The minimum Gasteiger partial charge on any atom is -0.336 e. The van der Waals surface area contributed by atoms with E-state index in [-0.39, 0.29) is 36.4 Å². The van der Waals surface area contributed by atoms with E-state index in [0.29, 0.717) is 0 Å². The van der Waals surface area contributed by atoms with Gasteiger partial charge in [0.1, 0.15) is 0 Å². The molecule has 4 nitrogen and oxygen atoms in total. The Hall–Kier alpha value is -1.84. The van der Waals surface area contributed by atoms with Crippen molar-refractivity contribution in [3.05, 3.63) is 47.0 Å². The van der Waals surface area contributed by atoms with Crippen LogP contribution in [-0.2, 0) is 36.4 Å². The summed E-state index contributed by atoms with van der Waals surface area (Å²) >= 11 is 0. The van der Waals surface area contributed by atoms with Crippen molar-refractivity contribution < 1.29 is 20.1 Å². The van der Waals surface area contributed by atoms with Gasteiger partial charge >= 0.3 is 0 Å². The number of nitrogens with zero attached hydrogens (tertiary/aromatic N) is 4. The first-order valence-corrected chi connectivity index (χ1v) is 10.4. The van der Waals surface area contributed by atoms with E-state index in [1.807, 2.05) is 0 Å². The molecule has 1 aliphatic carbocycles. The molecule has 4 aromatic rings. The maximum atomic E-state index is 5.08. The van der Waals surface area contributed by atoms with E-state index in [2.05, 4.69) is 83.0 Å². The zero-order chi connectivity index (χ0) is 20.9. The molecule has 159 valence electrons. The summed E-state index contributed by atoms with van der Waals surface area (Å²) in [4.78, 5) is 14.7. The summed E-state index contributed by atoms with van der Waals surface area (Å²) < 4.78 is 2.20. The predicted octanol–water partition coefficient (Wildman–Crippen LogP) is 5.79. The van der Waals surface area contributed by atoms with Crippen LogP contribution in [-0.4, -0.2) is 19.4 Å². The first kappa shape index (κ1) is 21.4. The predicted molar refractivity (Wildman–Crippen MR) is 119 cm³/mol. The summed E-state index contributed by atoms with van der Waals surface area (Å²) in [6.07, 6.45) is 2.92. The van der Waals surface area contributed by atoms with Crippen molar-refractivity contribution in [2.45, 2.75) is 78.1 Å². The SMILES string of the molecule is Cc1nc2c(C(C)(C)C)nc[c-]c2c2nc3cc4c(cc3n12)C(C)(C)CC4(C)C.[Ir]. The van der Waals surface area contributed by atoms with Crippen molar-refractivity contribution in [3.63, 3.8) is 0 Å². The van der Waals surface area contributed by atoms with Crippen LogP contribution >= 0.6 is 0 Å². The molecule has 0 bridgehead atoms. The van der Waals surface area contributed by atoms with E-state index in [9.17, 15) is 0 Å². The van der Waals surface area contributed by atoms with E-state index in [4.69, 9.17) is 9.97 Å². The summed E-state index contributed by atoms with van der Waals surface area (Å²) in [5, 5.41) is 0.949. The number of pyridine rings is 1. The topological polar surface area (TPSA) is 43.1 Å². The van der Waals surface area contributed by atoms with Crippen molar-refractivity contribution in [1.29, 1.82) is 0 Å². The van der Waals surface area contributed by atoms with Gasteiger partial charge in [0.2, 0.25) is 0 Å². The van der Waals surface area contributed by atoms with Crippen LogP contribution in [0.5, 0.6) is 0 Å². The van der Waals surface area contributed by atoms with Crippen LogP contribution in [0.15, 0.2) is 18.3 Å². The standard InChI is InChI=1S/C25H29N4.Ir/c1-14-27-20-15(9-10-26-21(20)23(2,3)4)22-28-18-11-16-17(12-19(18)29(14)22)25(7,8)13-24(16,5)6;/h10-12H,13H2,1-8H3;/q-1;. The molecule has 3 aromatic heterocycles. The van der Waals surface area contributed by atoms with Crippen LogP contribution in [0.4, 0.5) is 0 Å². The summed E-state index contributed by atoms with van der Waals surface area (Å²) in [6, 6.07) is 7.99. The van der Waals surface area contributed by atoms with E-state index in [1.54, 1.807) is 6.20 Å². The zero-order valence-electron chi connectivity index (χ0n) is 19.1. The van der Waals surface area contributed by atoms with Gasteiger partial charge in [-0.2, -0.15) is 6.07 Å². The molecule has 0 N–H and O–H groups in total. The second-order valence-electron chi connectivity index (χ2n) is 11.0. The molecule has 30 heavy (non-hydrogen) atoms. The third kappa shape index (κ3) is 2.85. The average Bonchev–Trinajstić information content (AvgIpc) is 3.05. The minimum atomic E-state index is -0.0909. The van der Waals surface area contributed by atoms with Gasteiger partial charge in [-0.25, -0.2) is 0 Å². The molecule has 0 spiro atoms. The third-order valence-electron chi connectivity index (χ3n) is 6.53. The molecule has 0 saturated heterocycles. The zero-order valence-corrected chi connectivity index (χ0v) is 21.5. The van der Waals surface area contributed by atoms with Crippen molar-refractivity contribution in [3.8, 4) is 0 Å². The molecule has 1 aromatic carbocycles. The average molecular weight is 578 g/mol. The molecule has 0 unspecified atom stereocenters. The Labute approximate surface area is 191 Å². The second-order valence-corrected chi connectivity index (χ2v) is 11.0. The van der Waals surface area contributed by atoms with E-state index >= 15 is 0 Å². The Kier molecular flexibility index (Phi) is 4.52.